The van der Waals surface area contributed by atoms with Crippen LogP contribution < -0.4 is 20.3 Å². The van der Waals surface area contributed by atoms with Crippen LogP contribution >= 0.6 is 0 Å². The highest BCUT2D eigenvalue weighted by Gasteiger charge is 2.44. The minimum Gasteiger partial charge on any atom is -0.454 e. The van der Waals surface area contributed by atoms with Gasteiger partial charge >= 0.3 is 12.2 Å². The fraction of sp³-hybridized carbons (Fsp3) is 0.194. The number of ether oxygens (including phenoxy) is 1. The van der Waals surface area contributed by atoms with Crippen molar-refractivity contribution in [3.05, 3.63) is 96.1 Å². The van der Waals surface area contributed by atoms with Crippen LogP contribution in [-0.4, -0.2) is 45.3 Å². The van der Waals surface area contributed by atoms with E-state index in [1.807, 2.05) is 0 Å². The molecule has 1 fully saturated rings. The van der Waals surface area contributed by atoms with Crippen LogP contribution in [0.4, 0.5) is 54.1 Å². The number of halogens is 6. The lowest BCUT2D eigenvalue weighted by molar-refractivity contribution is -0.138. The van der Waals surface area contributed by atoms with Crippen molar-refractivity contribution < 1.29 is 45.5 Å². The molecule has 0 spiro atoms. The molecule has 1 unspecified atom stereocenters. The Balaban J connectivity index is 1.28. The fourth-order valence-corrected chi connectivity index (χ4v) is 4.55. The van der Waals surface area contributed by atoms with Gasteiger partial charge in [-0.2, -0.15) is 13.2 Å². The molecular weight excluding hydrogens is 634 g/mol. The Hall–Kier alpha value is -5.67. The van der Waals surface area contributed by atoms with Crippen molar-refractivity contribution in [1.82, 2.24) is 14.9 Å². The summed E-state index contributed by atoms with van der Waals surface area (Å²) < 4.78 is 86.7. The van der Waals surface area contributed by atoms with Crippen LogP contribution in [-0.2, 0) is 15.8 Å². The van der Waals surface area contributed by atoms with Gasteiger partial charge in [0.05, 0.1) is 11.3 Å². The van der Waals surface area contributed by atoms with Gasteiger partial charge in [0, 0.05) is 42.8 Å². The third-order valence-electron chi connectivity index (χ3n) is 6.93. The highest BCUT2D eigenvalue weighted by Crippen LogP contribution is 2.32. The monoisotopic (exact) mass is 658 g/mol. The van der Waals surface area contributed by atoms with Crippen molar-refractivity contribution in [3.8, 4) is 11.5 Å². The molecule has 0 bridgehead atoms. The van der Waals surface area contributed by atoms with Gasteiger partial charge in [0.15, 0.2) is 23.2 Å². The number of alkyl halides is 3. The van der Waals surface area contributed by atoms with Crippen molar-refractivity contribution >= 4 is 40.9 Å². The number of nitrogens with one attached hydrogen (secondary N) is 2. The highest BCUT2D eigenvalue weighted by atomic mass is 19.4. The first-order valence-corrected chi connectivity index (χ1v) is 13.9. The van der Waals surface area contributed by atoms with Crippen molar-refractivity contribution in [1.29, 1.82) is 0 Å². The zero-order chi connectivity index (χ0) is 34.0. The molecule has 0 radical (unpaired) electrons. The summed E-state index contributed by atoms with van der Waals surface area (Å²) in [6.45, 7) is 3.16. The molecule has 0 aliphatic carbocycles. The molecule has 10 nitrogen and oxygen atoms in total. The van der Waals surface area contributed by atoms with Crippen LogP contribution in [0.15, 0.2) is 73.1 Å². The number of urea groups is 1. The van der Waals surface area contributed by atoms with E-state index in [1.165, 1.54) is 47.5 Å². The minimum absolute atomic E-state index is 0.0117. The zero-order valence-electron chi connectivity index (χ0n) is 24.5. The Bertz CT molecular complexity index is 1840. The maximum absolute atomic E-state index is 15.1. The molecule has 1 saturated heterocycles. The smallest absolute Gasteiger partial charge is 0.417 e. The number of nitrogens with zero attached hydrogens (tertiary/aromatic N) is 4. The van der Waals surface area contributed by atoms with Crippen LogP contribution in [0, 0.1) is 23.4 Å². The molecule has 3 heterocycles. The average molecular weight is 659 g/mol. The predicted molar refractivity (Wildman–Crippen MR) is 156 cm³/mol. The number of hydrogen-bond donors (Lipinski definition) is 2. The Labute approximate surface area is 263 Å². The summed E-state index contributed by atoms with van der Waals surface area (Å²) in [4.78, 5) is 49.1. The summed E-state index contributed by atoms with van der Waals surface area (Å²) in [5, 5.41) is 4.90. The van der Waals surface area contributed by atoms with Gasteiger partial charge in [0.25, 0.3) is 0 Å². The topological polar surface area (TPSA) is 117 Å². The van der Waals surface area contributed by atoms with Gasteiger partial charge in [-0.1, -0.05) is 0 Å². The first kappa shape index (κ1) is 32.7. The molecular formula is C31H24F6N6O4. The van der Waals surface area contributed by atoms with Crippen molar-refractivity contribution in [2.45, 2.75) is 26.1 Å². The van der Waals surface area contributed by atoms with Crippen LogP contribution in [0.1, 0.15) is 19.4 Å². The summed E-state index contributed by atoms with van der Waals surface area (Å²) in [5.74, 6) is -6.71. The van der Waals surface area contributed by atoms with Crippen LogP contribution in [0.5, 0.6) is 11.5 Å². The summed E-state index contributed by atoms with van der Waals surface area (Å²) in [6.07, 6.45) is -3.11. The number of amides is 4. The molecule has 5 rings (SSSR count). The maximum Gasteiger partial charge on any atom is 0.417 e. The number of pyridine rings is 2. The Morgan fingerprint density at radius 1 is 0.957 bits per heavy atom. The summed E-state index contributed by atoms with van der Waals surface area (Å²) in [7, 11) is 0. The van der Waals surface area contributed by atoms with Gasteiger partial charge in [-0.15, -0.1) is 0 Å². The molecule has 4 amide bonds. The summed E-state index contributed by atoms with van der Waals surface area (Å²) in [6, 6.07) is 9.81. The molecule has 1 aliphatic rings. The van der Waals surface area contributed by atoms with E-state index in [0.717, 1.165) is 23.1 Å². The SMILES string of the molecule is CC(C)N1CC(C(=O)Nc2ccc(Oc3ccnc(Nc4ncc(C(F)(F)F)cc4F)c3)c(F)c2)C(=O)N(c2ccc(F)cc2)C1=O. The number of imide groups is 1. The second-order valence-electron chi connectivity index (χ2n) is 10.5. The summed E-state index contributed by atoms with van der Waals surface area (Å²) in [5.41, 5.74) is -1.23. The zero-order valence-corrected chi connectivity index (χ0v) is 24.5. The van der Waals surface area contributed by atoms with E-state index in [4.69, 9.17) is 4.74 Å². The Kier molecular flexibility index (Phi) is 9.03. The van der Waals surface area contributed by atoms with Crippen LogP contribution in [0.3, 0.4) is 0 Å². The minimum atomic E-state index is -4.78. The molecule has 0 saturated carbocycles. The number of hydrogen-bond acceptors (Lipinski definition) is 7. The summed E-state index contributed by atoms with van der Waals surface area (Å²) >= 11 is 0. The molecule has 2 N–H and O–H groups in total. The van der Waals surface area contributed by atoms with Gasteiger partial charge in [-0.3, -0.25) is 9.59 Å². The van der Waals surface area contributed by atoms with Crippen molar-refractivity contribution in [2.75, 3.05) is 22.1 Å². The van der Waals surface area contributed by atoms with E-state index in [-0.39, 0.29) is 41.3 Å². The average Bonchev–Trinajstić information content (AvgIpc) is 3.00. The molecule has 1 aliphatic heterocycles. The van der Waals surface area contributed by atoms with E-state index in [1.54, 1.807) is 13.8 Å². The maximum atomic E-state index is 15.1. The van der Waals surface area contributed by atoms with Gasteiger partial charge in [0.2, 0.25) is 11.8 Å². The first-order chi connectivity index (χ1) is 22.2. The third-order valence-corrected chi connectivity index (χ3v) is 6.93. The molecule has 2 aromatic heterocycles. The van der Waals surface area contributed by atoms with Crippen molar-refractivity contribution in [3.63, 3.8) is 0 Å². The lowest BCUT2D eigenvalue weighted by Gasteiger charge is -2.39. The second-order valence-corrected chi connectivity index (χ2v) is 10.5. The number of carbonyl (C=O) groups is 3. The molecule has 244 valence electrons. The number of anilines is 4. The molecule has 47 heavy (non-hydrogen) atoms. The lowest BCUT2D eigenvalue weighted by Crippen LogP contribution is -2.61. The van der Waals surface area contributed by atoms with E-state index >= 15 is 4.39 Å². The predicted octanol–water partition coefficient (Wildman–Crippen LogP) is 6.88. The standard InChI is InChI=1S/C31H24F6N6O4/c1-16(2)42-15-22(29(45)43(30(42)46)20-6-3-18(32)4-7-20)28(44)40-19-5-8-25(23(33)12-19)47-21-9-10-38-26(13-21)41-27-24(34)11-17(14-39-27)31(35,36)37/h3-14,16,22H,15H2,1-2H3,(H,40,44)(H,38,39,41). The largest absolute Gasteiger partial charge is 0.454 e. The van der Waals surface area contributed by atoms with E-state index < -0.39 is 64.8 Å². The van der Waals surface area contributed by atoms with Gasteiger partial charge in [-0.05, 0) is 62.4 Å². The van der Waals surface area contributed by atoms with E-state index in [0.29, 0.717) is 6.20 Å². The van der Waals surface area contributed by atoms with Crippen molar-refractivity contribution in [2.24, 2.45) is 5.92 Å². The first-order valence-electron chi connectivity index (χ1n) is 13.9. The highest BCUT2D eigenvalue weighted by molar-refractivity contribution is 6.23. The Morgan fingerprint density at radius 2 is 1.68 bits per heavy atom. The molecule has 4 aromatic rings. The number of carbonyl (C=O) groups excluding carboxylic acids is 3. The molecule has 16 heteroatoms. The number of aromatic nitrogens is 2. The van der Waals surface area contributed by atoms with E-state index in [9.17, 15) is 36.3 Å². The number of rotatable bonds is 8. The van der Waals surface area contributed by atoms with Crippen LogP contribution in [0.2, 0.25) is 0 Å². The second kappa shape index (κ2) is 13.0. The molecule has 1 atom stereocenters. The Morgan fingerprint density at radius 3 is 2.32 bits per heavy atom. The lowest BCUT2D eigenvalue weighted by atomic mass is 10.0. The van der Waals surface area contributed by atoms with Crippen LogP contribution in [0.25, 0.3) is 0 Å². The van der Waals surface area contributed by atoms with E-state index in [2.05, 4.69) is 20.6 Å². The quantitative estimate of drug-likeness (QED) is 0.157. The van der Waals surface area contributed by atoms with Gasteiger partial charge < -0.3 is 20.3 Å². The third kappa shape index (κ3) is 7.26. The molecule has 2 aromatic carbocycles. The normalized spacial score (nSPS) is 15.2. The van der Waals surface area contributed by atoms with Gasteiger partial charge in [-0.25, -0.2) is 32.8 Å². The fourth-order valence-electron chi connectivity index (χ4n) is 4.55. The number of benzene rings is 2. The van der Waals surface area contributed by atoms with Gasteiger partial charge in [0.1, 0.15) is 23.3 Å².